The second kappa shape index (κ2) is 8.75. The van der Waals surface area contributed by atoms with Crippen LogP contribution in [0, 0.1) is 22.7 Å². The Bertz CT molecular complexity index is 393. The number of nitriles is 2. The van der Waals surface area contributed by atoms with Gasteiger partial charge in [0.1, 0.15) is 17.7 Å². The maximum absolute atomic E-state index is 10.8. The van der Waals surface area contributed by atoms with Gasteiger partial charge in [-0.1, -0.05) is 6.58 Å². The molecule has 0 aromatic heterocycles. The third kappa shape index (κ3) is 7.40. The van der Waals surface area contributed by atoms with Crippen molar-refractivity contribution in [3.63, 3.8) is 0 Å². The van der Waals surface area contributed by atoms with Crippen molar-refractivity contribution in [2.24, 2.45) is 0 Å². The van der Waals surface area contributed by atoms with Gasteiger partial charge in [0.15, 0.2) is 0 Å². The monoisotopic (exact) mass is 230 g/mol. The number of amides is 1. The van der Waals surface area contributed by atoms with Crippen LogP contribution in [0.4, 0.5) is 0 Å². The smallest absolute Gasteiger partial charge is 0.243 e. The van der Waals surface area contributed by atoms with Crippen molar-refractivity contribution in [3.05, 3.63) is 36.6 Å². The minimum absolute atomic E-state index is 0.0506. The summed E-state index contributed by atoms with van der Waals surface area (Å²) in [5.74, 6) is -0.210. The van der Waals surface area contributed by atoms with Crippen molar-refractivity contribution in [1.29, 1.82) is 10.5 Å². The molecule has 0 bridgehead atoms. The Morgan fingerprint density at radius 2 is 2.12 bits per heavy atom. The van der Waals surface area contributed by atoms with Crippen LogP contribution in [0.5, 0.6) is 0 Å². The van der Waals surface area contributed by atoms with Gasteiger partial charge in [0.05, 0.1) is 0 Å². The van der Waals surface area contributed by atoms with E-state index in [0.717, 1.165) is 0 Å². The highest BCUT2D eigenvalue weighted by Gasteiger charge is 1.94. The summed E-state index contributed by atoms with van der Waals surface area (Å²) in [4.78, 5) is 12.7. The number of hydrogen-bond donors (Lipinski definition) is 1. The number of carbonyl (C=O) groups excluding carboxylic acids is 1. The summed E-state index contributed by atoms with van der Waals surface area (Å²) in [5, 5.41) is 19.6. The van der Waals surface area contributed by atoms with E-state index in [2.05, 4.69) is 11.9 Å². The number of nitrogens with zero attached hydrogens (tertiary/aromatic N) is 3. The normalized spacial score (nSPS) is 8.88. The number of rotatable bonds is 6. The zero-order valence-corrected chi connectivity index (χ0v) is 9.68. The van der Waals surface area contributed by atoms with E-state index in [0.29, 0.717) is 13.1 Å². The van der Waals surface area contributed by atoms with Crippen molar-refractivity contribution < 1.29 is 4.79 Å². The van der Waals surface area contributed by atoms with Gasteiger partial charge in [-0.05, 0) is 24.4 Å². The quantitative estimate of drug-likeness (QED) is 0.414. The maximum Gasteiger partial charge on any atom is 0.243 e. The molecule has 0 saturated carbocycles. The SMILES string of the molecule is C=CC(=O)NCCN(C)C=CC=C(C#N)C#N. The zero-order valence-electron chi connectivity index (χ0n) is 9.68. The second-order valence-electron chi connectivity index (χ2n) is 3.12. The molecule has 1 amide bonds. The first-order valence-corrected chi connectivity index (χ1v) is 4.93. The van der Waals surface area contributed by atoms with Gasteiger partial charge in [-0.2, -0.15) is 10.5 Å². The van der Waals surface area contributed by atoms with Crippen LogP contribution in [0.3, 0.4) is 0 Å². The fraction of sp³-hybridized carbons (Fsp3) is 0.250. The van der Waals surface area contributed by atoms with Gasteiger partial charge in [-0.25, -0.2) is 0 Å². The Kier molecular flexibility index (Phi) is 7.45. The van der Waals surface area contributed by atoms with Gasteiger partial charge in [-0.15, -0.1) is 0 Å². The molecular formula is C12H14N4O. The summed E-state index contributed by atoms with van der Waals surface area (Å²) in [6.07, 6.45) is 5.97. The van der Waals surface area contributed by atoms with Gasteiger partial charge in [-0.3, -0.25) is 4.79 Å². The molecule has 5 heteroatoms. The topological polar surface area (TPSA) is 79.9 Å². The van der Waals surface area contributed by atoms with Crippen LogP contribution in [0.25, 0.3) is 0 Å². The van der Waals surface area contributed by atoms with Crippen LogP contribution in [-0.4, -0.2) is 30.9 Å². The lowest BCUT2D eigenvalue weighted by molar-refractivity contribution is -0.116. The number of allylic oxidation sites excluding steroid dienone is 3. The molecule has 0 unspecified atom stereocenters. The van der Waals surface area contributed by atoms with Gasteiger partial charge in [0.25, 0.3) is 0 Å². The molecule has 0 atom stereocenters. The van der Waals surface area contributed by atoms with Crippen LogP contribution < -0.4 is 5.32 Å². The predicted molar refractivity (Wildman–Crippen MR) is 64.3 cm³/mol. The molecule has 0 aromatic rings. The first-order valence-electron chi connectivity index (χ1n) is 4.93. The predicted octanol–water partition coefficient (Wildman–Crippen LogP) is 0.708. The van der Waals surface area contributed by atoms with Gasteiger partial charge in [0, 0.05) is 20.1 Å². The van der Waals surface area contributed by atoms with Crippen LogP contribution in [-0.2, 0) is 4.79 Å². The van der Waals surface area contributed by atoms with E-state index in [1.54, 1.807) is 24.4 Å². The molecule has 5 nitrogen and oxygen atoms in total. The molecule has 0 fully saturated rings. The molecule has 0 aliphatic carbocycles. The number of hydrogen-bond acceptors (Lipinski definition) is 4. The zero-order chi connectivity index (χ0) is 13.1. The molecule has 0 saturated heterocycles. The Labute approximate surface area is 101 Å². The minimum Gasteiger partial charge on any atom is -0.379 e. The Balaban J connectivity index is 3.99. The van der Waals surface area contributed by atoms with E-state index in [4.69, 9.17) is 10.5 Å². The molecule has 1 N–H and O–H groups in total. The summed E-state index contributed by atoms with van der Waals surface area (Å²) in [6, 6.07) is 3.51. The lowest BCUT2D eigenvalue weighted by atomic mass is 10.3. The largest absolute Gasteiger partial charge is 0.379 e. The van der Waals surface area contributed by atoms with Gasteiger partial charge in [0.2, 0.25) is 5.91 Å². The fourth-order valence-electron chi connectivity index (χ4n) is 0.888. The van der Waals surface area contributed by atoms with Gasteiger partial charge >= 0.3 is 0 Å². The molecule has 88 valence electrons. The maximum atomic E-state index is 10.8. The molecule has 0 heterocycles. The molecular weight excluding hydrogens is 216 g/mol. The summed E-state index contributed by atoms with van der Waals surface area (Å²) in [7, 11) is 1.82. The van der Waals surface area contributed by atoms with E-state index in [1.807, 2.05) is 11.9 Å². The van der Waals surface area contributed by atoms with Crippen LogP contribution in [0.15, 0.2) is 36.6 Å². The Hall–Kier alpha value is -2.53. The third-order valence-corrected chi connectivity index (χ3v) is 1.79. The second-order valence-corrected chi connectivity index (χ2v) is 3.12. The van der Waals surface area contributed by atoms with Crippen molar-refractivity contribution >= 4 is 5.91 Å². The number of likely N-dealkylation sites (N-methyl/N-ethyl adjacent to an activating group) is 1. The van der Waals surface area contributed by atoms with Crippen molar-refractivity contribution in [2.75, 3.05) is 20.1 Å². The highest BCUT2D eigenvalue weighted by Crippen LogP contribution is 1.91. The first kappa shape index (κ1) is 14.5. The standard InChI is InChI=1S/C12H14N4O/c1-3-12(17)15-6-8-16(2)7-4-5-11(9-13)10-14/h3-5,7H,1,6,8H2,2H3,(H,15,17). The Morgan fingerprint density at radius 3 is 2.65 bits per heavy atom. The van der Waals surface area contributed by atoms with Crippen molar-refractivity contribution in [2.45, 2.75) is 0 Å². The average Bonchev–Trinajstić information content (AvgIpc) is 2.34. The van der Waals surface area contributed by atoms with E-state index >= 15 is 0 Å². The van der Waals surface area contributed by atoms with Crippen LogP contribution in [0.1, 0.15) is 0 Å². The summed E-state index contributed by atoms with van der Waals surface area (Å²) in [6.45, 7) is 4.46. The average molecular weight is 230 g/mol. The van der Waals surface area contributed by atoms with Crippen molar-refractivity contribution in [3.8, 4) is 12.1 Å². The fourth-order valence-corrected chi connectivity index (χ4v) is 0.888. The lowest BCUT2D eigenvalue weighted by Crippen LogP contribution is -2.29. The highest BCUT2D eigenvalue weighted by molar-refractivity contribution is 5.86. The number of nitrogens with one attached hydrogen (secondary N) is 1. The minimum atomic E-state index is -0.210. The lowest BCUT2D eigenvalue weighted by Gasteiger charge is -2.13. The summed E-state index contributed by atoms with van der Waals surface area (Å²) >= 11 is 0. The highest BCUT2D eigenvalue weighted by atomic mass is 16.1. The molecule has 0 aliphatic heterocycles. The van der Waals surface area contributed by atoms with Crippen molar-refractivity contribution in [1.82, 2.24) is 10.2 Å². The summed E-state index contributed by atoms with van der Waals surface area (Å²) < 4.78 is 0. The van der Waals surface area contributed by atoms with E-state index in [-0.39, 0.29) is 11.5 Å². The molecule has 0 aliphatic rings. The van der Waals surface area contributed by atoms with Crippen LogP contribution >= 0.6 is 0 Å². The van der Waals surface area contributed by atoms with Crippen LogP contribution in [0.2, 0.25) is 0 Å². The Morgan fingerprint density at radius 1 is 1.47 bits per heavy atom. The number of carbonyl (C=O) groups is 1. The molecule has 0 radical (unpaired) electrons. The molecule has 0 spiro atoms. The van der Waals surface area contributed by atoms with E-state index in [1.165, 1.54) is 12.2 Å². The van der Waals surface area contributed by atoms with E-state index < -0.39 is 0 Å². The first-order chi connectivity index (χ1) is 8.13. The van der Waals surface area contributed by atoms with E-state index in [9.17, 15) is 4.79 Å². The summed E-state index contributed by atoms with van der Waals surface area (Å²) in [5.41, 5.74) is 0.0506. The van der Waals surface area contributed by atoms with Gasteiger partial charge < -0.3 is 10.2 Å². The molecule has 0 aromatic carbocycles. The third-order valence-electron chi connectivity index (χ3n) is 1.79. The molecule has 17 heavy (non-hydrogen) atoms. The molecule has 0 rings (SSSR count).